The van der Waals surface area contributed by atoms with Gasteiger partial charge in [-0.1, -0.05) is 206 Å². The average molecular weight is 855 g/mol. The smallest absolute Gasteiger partial charge is 0.303 e. The van der Waals surface area contributed by atoms with Crippen LogP contribution in [-0.4, -0.2) is 74.3 Å². The summed E-state index contributed by atoms with van der Waals surface area (Å²) in [6, 6.07) is 0. The fraction of sp³-hybridized carbons (Fsp3) is 0.860. The Morgan fingerprint density at radius 1 is 0.574 bits per heavy atom. The molecule has 0 amide bonds. The monoisotopic (exact) mass is 855 g/mol. The van der Waals surface area contributed by atoms with E-state index in [0.29, 0.717) is 17.7 Å². The highest BCUT2D eigenvalue weighted by Crippen LogP contribution is 2.36. The molecule has 0 radical (unpaired) electrons. The second kappa shape index (κ2) is 33.7. The number of anilines is 1. The lowest BCUT2D eigenvalue weighted by Crippen LogP contribution is -2.44. The summed E-state index contributed by atoms with van der Waals surface area (Å²) in [5.74, 6) is -0.670. The van der Waals surface area contributed by atoms with E-state index < -0.39 is 36.5 Å². The number of esters is 2. The number of fused-ring (bicyclic) bond motifs is 1. The van der Waals surface area contributed by atoms with E-state index in [1.54, 1.807) is 10.9 Å². The van der Waals surface area contributed by atoms with Crippen molar-refractivity contribution >= 4 is 28.9 Å². The van der Waals surface area contributed by atoms with Crippen molar-refractivity contribution in [3.05, 3.63) is 12.7 Å². The molecule has 2 N–H and O–H groups in total. The first kappa shape index (κ1) is 52.6. The van der Waals surface area contributed by atoms with E-state index in [0.717, 1.165) is 25.9 Å². The van der Waals surface area contributed by atoms with E-state index in [2.05, 4.69) is 33.7 Å². The van der Waals surface area contributed by atoms with Gasteiger partial charge in [-0.2, -0.15) is 0 Å². The molecule has 1 aliphatic heterocycles. The fourth-order valence-corrected chi connectivity index (χ4v) is 9.10. The summed E-state index contributed by atoms with van der Waals surface area (Å²) in [6.45, 7) is 9.79. The van der Waals surface area contributed by atoms with Gasteiger partial charge in [-0.05, 0) is 25.9 Å². The van der Waals surface area contributed by atoms with Crippen LogP contribution in [0, 0.1) is 0 Å². The maximum absolute atomic E-state index is 12.5. The lowest BCUT2D eigenvalue weighted by molar-refractivity contribution is -0.165. The molecular weight excluding hydrogens is 765 g/mol. The van der Waals surface area contributed by atoms with E-state index in [4.69, 9.17) is 19.9 Å². The molecule has 11 heteroatoms. The van der Waals surface area contributed by atoms with Gasteiger partial charge in [0.25, 0.3) is 0 Å². The molecule has 0 aliphatic carbocycles. The predicted molar refractivity (Wildman–Crippen MR) is 250 cm³/mol. The van der Waals surface area contributed by atoms with Crippen LogP contribution >= 0.6 is 0 Å². The highest BCUT2D eigenvalue weighted by atomic mass is 16.6. The van der Waals surface area contributed by atoms with Crippen LogP contribution in [-0.2, 0) is 23.8 Å². The van der Waals surface area contributed by atoms with Gasteiger partial charge in [0.1, 0.15) is 17.9 Å². The Balaban J connectivity index is 1.48. The normalized spacial score (nSPS) is 17.8. The number of aromatic nitrogens is 4. The highest BCUT2D eigenvalue weighted by molar-refractivity contribution is 5.81. The minimum absolute atomic E-state index is 0.252. The Labute approximate surface area is 371 Å². The van der Waals surface area contributed by atoms with Gasteiger partial charge in [-0.3, -0.25) is 14.2 Å². The molecule has 11 nitrogen and oxygen atoms in total. The number of imidazole rings is 1. The van der Waals surface area contributed by atoms with Crippen LogP contribution in [0.4, 0.5) is 5.82 Å². The van der Waals surface area contributed by atoms with E-state index in [-0.39, 0.29) is 5.82 Å². The number of nitrogens with zero attached hydrogens (tertiary/aromatic N) is 5. The molecule has 1 fully saturated rings. The number of hydrogen-bond acceptors (Lipinski definition) is 10. The van der Waals surface area contributed by atoms with Gasteiger partial charge in [0.15, 0.2) is 29.9 Å². The molecular formula is C50H90N6O5. The molecule has 1 saturated heterocycles. The zero-order chi connectivity index (χ0) is 43.8. The third-order valence-corrected chi connectivity index (χ3v) is 12.6. The summed E-state index contributed by atoms with van der Waals surface area (Å²) in [5, 5.41) is 0. The molecule has 0 bridgehead atoms. The number of hydrogen-bond donors (Lipinski definition) is 1. The summed E-state index contributed by atoms with van der Waals surface area (Å²) in [7, 11) is 0. The molecule has 4 atom stereocenters. The maximum Gasteiger partial charge on any atom is 0.303 e. The number of ether oxygens (including phenoxy) is 3. The topological polar surface area (TPSA) is 135 Å². The van der Waals surface area contributed by atoms with Gasteiger partial charge in [-0.15, -0.1) is 0 Å². The Bertz CT molecular complexity index is 1370. The minimum atomic E-state index is -0.882. The first-order valence-electron chi connectivity index (χ1n) is 25.5. The van der Waals surface area contributed by atoms with Crippen molar-refractivity contribution in [2.45, 2.75) is 258 Å². The summed E-state index contributed by atoms with van der Waals surface area (Å²) in [4.78, 5) is 40.4. The molecule has 350 valence electrons. The van der Waals surface area contributed by atoms with E-state index in [9.17, 15) is 9.59 Å². The van der Waals surface area contributed by atoms with Crippen molar-refractivity contribution in [3.8, 4) is 0 Å². The average Bonchev–Trinajstić information content (AvgIpc) is 3.81. The summed E-state index contributed by atoms with van der Waals surface area (Å²) < 4.78 is 20.2. The van der Waals surface area contributed by atoms with Crippen LogP contribution in [0.2, 0.25) is 0 Å². The quantitative estimate of drug-likeness (QED) is 0.0511. The predicted octanol–water partition coefficient (Wildman–Crippen LogP) is 13.0. The Morgan fingerprint density at radius 3 is 1.34 bits per heavy atom. The van der Waals surface area contributed by atoms with Crippen molar-refractivity contribution in [1.29, 1.82) is 0 Å². The number of carbonyl (C=O) groups is 2. The van der Waals surface area contributed by atoms with Crippen LogP contribution in [0.3, 0.4) is 0 Å². The first-order valence-corrected chi connectivity index (χ1v) is 25.5. The van der Waals surface area contributed by atoms with Crippen LogP contribution in [0.25, 0.3) is 11.2 Å². The third-order valence-electron chi connectivity index (χ3n) is 12.6. The van der Waals surface area contributed by atoms with Crippen molar-refractivity contribution < 1.29 is 23.8 Å². The number of carbonyl (C=O) groups excluding carboxylic acids is 2. The molecule has 0 saturated carbocycles. The molecule has 0 spiro atoms. The molecule has 0 aromatic carbocycles. The Kier molecular flexibility index (Phi) is 29.1. The van der Waals surface area contributed by atoms with Gasteiger partial charge in [0, 0.05) is 20.4 Å². The van der Waals surface area contributed by atoms with Crippen molar-refractivity contribution in [2.75, 3.05) is 25.4 Å². The maximum atomic E-state index is 12.5. The van der Waals surface area contributed by atoms with Crippen molar-refractivity contribution in [1.82, 2.24) is 24.4 Å². The molecule has 3 heterocycles. The van der Waals surface area contributed by atoms with Gasteiger partial charge < -0.3 is 24.8 Å². The van der Waals surface area contributed by atoms with Crippen molar-refractivity contribution in [2.24, 2.45) is 0 Å². The third kappa shape index (κ3) is 22.4. The van der Waals surface area contributed by atoms with E-state index in [1.807, 2.05) is 0 Å². The second-order valence-corrected chi connectivity index (χ2v) is 18.2. The largest absolute Gasteiger partial charge is 0.456 e. The van der Waals surface area contributed by atoms with Gasteiger partial charge in [-0.25, -0.2) is 15.0 Å². The standard InChI is InChI=1S/C50H90N6O5/c1-5-7-9-11-13-15-17-19-21-23-25-27-29-31-33-35-37-55(38-36-34-32-30-28-26-24-22-20-18-16-14-12-10-8-6-2)39-44-46(59-42(3)57)47(60-43(4)58)50(61-44)56-41-54-45-48(51)52-40-53-49(45)56/h40-41,44,46-47,50H,5-39H2,1-4H3,(H2,51,52,53)/t44-,46-,47-,50-/m1/s1. The van der Waals surface area contributed by atoms with Crippen LogP contribution in [0.15, 0.2) is 12.7 Å². The SMILES string of the molecule is CCCCCCCCCCCCCCCCCCN(CCCCCCCCCCCCCCCCCC)C[C@H]1O[C@@H](n2cnc3c(N)ncnc32)[C@H](OC(C)=O)[C@@H]1OC(C)=O. The van der Waals surface area contributed by atoms with Gasteiger partial charge in [0.2, 0.25) is 0 Å². The van der Waals surface area contributed by atoms with Gasteiger partial charge in [0.05, 0.1) is 6.33 Å². The zero-order valence-electron chi connectivity index (χ0n) is 39.6. The Hall–Kier alpha value is -2.79. The summed E-state index contributed by atoms with van der Waals surface area (Å²) in [5.41, 5.74) is 7.01. The van der Waals surface area contributed by atoms with Crippen molar-refractivity contribution in [3.63, 3.8) is 0 Å². The van der Waals surface area contributed by atoms with E-state index in [1.165, 1.54) is 213 Å². The van der Waals surface area contributed by atoms with Crippen LogP contribution in [0.1, 0.15) is 239 Å². The van der Waals surface area contributed by atoms with Crippen LogP contribution < -0.4 is 5.73 Å². The lowest BCUT2D eigenvalue weighted by Gasteiger charge is -2.28. The number of rotatable bonds is 39. The summed E-state index contributed by atoms with van der Waals surface area (Å²) >= 11 is 0. The molecule has 1 aliphatic rings. The first-order chi connectivity index (χ1) is 29.8. The molecule has 3 rings (SSSR count). The highest BCUT2D eigenvalue weighted by Gasteiger charge is 2.51. The zero-order valence-corrected chi connectivity index (χ0v) is 39.6. The lowest BCUT2D eigenvalue weighted by atomic mass is 10.0. The summed E-state index contributed by atoms with van der Waals surface area (Å²) in [6.07, 6.45) is 43.0. The Morgan fingerprint density at radius 2 is 0.951 bits per heavy atom. The van der Waals surface area contributed by atoms with E-state index >= 15 is 0 Å². The minimum Gasteiger partial charge on any atom is -0.456 e. The van der Waals surface area contributed by atoms with Gasteiger partial charge >= 0.3 is 11.9 Å². The molecule has 0 unspecified atom stereocenters. The molecule has 61 heavy (non-hydrogen) atoms. The molecule has 2 aromatic heterocycles. The second-order valence-electron chi connectivity index (χ2n) is 18.2. The van der Waals surface area contributed by atoms with Crippen LogP contribution in [0.5, 0.6) is 0 Å². The number of nitrogen functional groups attached to an aromatic ring is 1. The number of nitrogens with two attached hydrogens (primary N) is 1. The molecule has 2 aromatic rings. The number of unbranched alkanes of at least 4 members (excludes halogenated alkanes) is 30. The fourth-order valence-electron chi connectivity index (χ4n) is 9.10.